The summed E-state index contributed by atoms with van der Waals surface area (Å²) in [6.45, 7) is 1.67. The lowest BCUT2D eigenvalue weighted by Crippen LogP contribution is -2.09. The SMILES string of the molecule is CCC(=O)Oc1c(Cl)nc(Cc2ccc(N)cc2)nc1Cl. The van der Waals surface area contributed by atoms with Crippen molar-refractivity contribution < 1.29 is 9.53 Å². The number of benzene rings is 1. The van der Waals surface area contributed by atoms with E-state index in [9.17, 15) is 4.79 Å². The van der Waals surface area contributed by atoms with Crippen LogP contribution in [-0.4, -0.2) is 15.9 Å². The molecule has 0 amide bonds. The van der Waals surface area contributed by atoms with Gasteiger partial charge in [0.1, 0.15) is 5.82 Å². The number of ether oxygens (including phenoxy) is 1. The van der Waals surface area contributed by atoms with Gasteiger partial charge in [0, 0.05) is 18.5 Å². The predicted molar refractivity (Wildman–Crippen MR) is 81.6 cm³/mol. The maximum absolute atomic E-state index is 11.3. The highest BCUT2D eigenvalue weighted by atomic mass is 35.5. The topological polar surface area (TPSA) is 78.1 Å². The maximum atomic E-state index is 11.3. The largest absolute Gasteiger partial charge is 0.420 e. The highest BCUT2D eigenvalue weighted by Crippen LogP contribution is 2.30. The molecule has 1 aromatic heterocycles. The van der Waals surface area contributed by atoms with Crippen LogP contribution in [0.15, 0.2) is 24.3 Å². The minimum atomic E-state index is -0.450. The third kappa shape index (κ3) is 4.06. The van der Waals surface area contributed by atoms with Crippen LogP contribution in [0.2, 0.25) is 10.3 Å². The summed E-state index contributed by atoms with van der Waals surface area (Å²) in [6, 6.07) is 7.31. The maximum Gasteiger partial charge on any atom is 0.311 e. The van der Waals surface area contributed by atoms with Gasteiger partial charge in [-0.15, -0.1) is 0 Å². The van der Waals surface area contributed by atoms with E-state index in [2.05, 4.69) is 9.97 Å². The number of hydrogen-bond acceptors (Lipinski definition) is 5. The lowest BCUT2D eigenvalue weighted by molar-refractivity contribution is -0.134. The molecule has 0 saturated carbocycles. The van der Waals surface area contributed by atoms with E-state index in [1.54, 1.807) is 19.1 Å². The third-order valence-corrected chi connectivity index (χ3v) is 3.19. The Morgan fingerprint density at radius 1 is 1.19 bits per heavy atom. The first-order chi connectivity index (χ1) is 9.99. The summed E-state index contributed by atoms with van der Waals surface area (Å²) in [5.41, 5.74) is 7.27. The molecule has 0 radical (unpaired) electrons. The van der Waals surface area contributed by atoms with Crippen LogP contribution in [0.5, 0.6) is 5.75 Å². The summed E-state index contributed by atoms with van der Waals surface area (Å²) >= 11 is 12.0. The Kier molecular flexibility index (Phi) is 4.98. The molecule has 21 heavy (non-hydrogen) atoms. The van der Waals surface area contributed by atoms with E-state index in [1.807, 2.05) is 12.1 Å². The summed E-state index contributed by atoms with van der Waals surface area (Å²) in [4.78, 5) is 19.5. The van der Waals surface area contributed by atoms with Crippen molar-refractivity contribution in [2.24, 2.45) is 0 Å². The average molecular weight is 326 g/mol. The van der Waals surface area contributed by atoms with Crippen molar-refractivity contribution in [2.45, 2.75) is 19.8 Å². The Balaban J connectivity index is 2.23. The molecule has 0 aliphatic carbocycles. The van der Waals surface area contributed by atoms with Crippen molar-refractivity contribution in [3.63, 3.8) is 0 Å². The second-order valence-corrected chi connectivity index (χ2v) is 5.01. The first-order valence-corrected chi connectivity index (χ1v) is 7.02. The fraction of sp³-hybridized carbons (Fsp3) is 0.214. The molecule has 0 atom stereocenters. The lowest BCUT2D eigenvalue weighted by Gasteiger charge is -2.08. The second kappa shape index (κ2) is 6.74. The molecular formula is C14H13Cl2N3O2. The van der Waals surface area contributed by atoms with Gasteiger partial charge in [0.05, 0.1) is 0 Å². The molecule has 0 aliphatic heterocycles. The Hall–Kier alpha value is -1.85. The van der Waals surface area contributed by atoms with Gasteiger partial charge in [-0.1, -0.05) is 42.3 Å². The number of nitrogens with zero attached hydrogens (tertiary/aromatic N) is 2. The molecule has 0 aliphatic rings. The van der Waals surface area contributed by atoms with Gasteiger partial charge in [0.15, 0.2) is 10.3 Å². The fourth-order valence-electron chi connectivity index (χ4n) is 1.61. The number of hydrogen-bond donors (Lipinski definition) is 1. The van der Waals surface area contributed by atoms with Gasteiger partial charge in [-0.2, -0.15) is 0 Å². The van der Waals surface area contributed by atoms with Crippen LogP contribution in [0.3, 0.4) is 0 Å². The summed E-state index contributed by atoms with van der Waals surface area (Å²) in [6.07, 6.45) is 0.654. The van der Waals surface area contributed by atoms with E-state index in [4.69, 9.17) is 33.7 Å². The zero-order chi connectivity index (χ0) is 15.4. The Bertz CT molecular complexity index is 637. The highest BCUT2D eigenvalue weighted by molar-refractivity contribution is 6.35. The van der Waals surface area contributed by atoms with Crippen LogP contribution < -0.4 is 10.5 Å². The van der Waals surface area contributed by atoms with E-state index in [0.29, 0.717) is 17.9 Å². The Morgan fingerprint density at radius 2 is 1.76 bits per heavy atom. The molecule has 0 saturated heterocycles. The number of carbonyl (C=O) groups is 1. The minimum Gasteiger partial charge on any atom is -0.420 e. The summed E-state index contributed by atoms with van der Waals surface area (Å²) < 4.78 is 5.00. The molecule has 2 aromatic rings. The predicted octanol–water partition coefficient (Wildman–Crippen LogP) is 3.27. The molecule has 5 nitrogen and oxygen atoms in total. The van der Waals surface area contributed by atoms with Crippen LogP contribution in [0.1, 0.15) is 24.7 Å². The fourth-order valence-corrected chi connectivity index (χ4v) is 2.11. The van der Waals surface area contributed by atoms with Crippen LogP contribution in [0.25, 0.3) is 0 Å². The first-order valence-electron chi connectivity index (χ1n) is 6.26. The number of aromatic nitrogens is 2. The molecule has 0 spiro atoms. The molecule has 1 aromatic carbocycles. The molecule has 110 valence electrons. The first kappa shape index (κ1) is 15.5. The summed E-state index contributed by atoms with van der Waals surface area (Å²) in [5.74, 6) is -0.0222. The second-order valence-electron chi connectivity index (χ2n) is 4.30. The highest BCUT2D eigenvalue weighted by Gasteiger charge is 2.16. The monoisotopic (exact) mass is 325 g/mol. The zero-order valence-electron chi connectivity index (χ0n) is 11.3. The van der Waals surface area contributed by atoms with Gasteiger partial charge in [-0.25, -0.2) is 9.97 Å². The molecule has 7 heteroatoms. The summed E-state index contributed by atoms with van der Waals surface area (Å²) in [5, 5.41) is 0.0319. The molecule has 0 fully saturated rings. The van der Waals surface area contributed by atoms with Gasteiger partial charge in [-0.3, -0.25) is 4.79 Å². The number of rotatable bonds is 4. The van der Waals surface area contributed by atoms with Crippen molar-refractivity contribution in [1.29, 1.82) is 0 Å². The van der Waals surface area contributed by atoms with Gasteiger partial charge in [0.25, 0.3) is 0 Å². The van der Waals surface area contributed by atoms with Crippen LogP contribution in [0.4, 0.5) is 5.69 Å². The lowest BCUT2D eigenvalue weighted by atomic mass is 10.1. The normalized spacial score (nSPS) is 10.4. The van der Waals surface area contributed by atoms with Crippen LogP contribution in [0, 0.1) is 0 Å². The third-order valence-electron chi connectivity index (χ3n) is 2.68. The number of halogens is 2. The molecule has 1 heterocycles. The van der Waals surface area contributed by atoms with Gasteiger partial charge >= 0.3 is 5.97 Å². The Labute approximate surface area is 132 Å². The average Bonchev–Trinajstić information content (AvgIpc) is 2.45. The van der Waals surface area contributed by atoms with Crippen LogP contribution >= 0.6 is 23.2 Å². The van der Waals surface area contributed by atoms with Gasteiger partial charge < -0.3 is 10.5 Å². The molecule has 2 rings (SSSR count). The van der Waals surface area contributed by atoms with E-state index in [1.165, 1.54) is 0 Å². The van der Waals surface area contributed by atoms with Gasteiger partial charge in [0.2, 0.25) is 5.75 Å². The van der Waals surface area contributed by atoms with Crippen LogP contribution in [-0.2, 0) is 11.2 Å². The van der Waals surface area contributed by atoms with E-state index < -0.39 is 5.97 Å². The van der Waals surface area contributed by atoms with E-state index >= 15 is 0 Å². The number of nitrogen functional groups attached to an aromatic ring is 1. The quantitative estimate of drug-likeness (QED) is 0.530. The van der Waals surface area contributed by atoms with E-state index in [0.717, 1.165) is 5.56 Å². The van der Waals surface area contributed by atoms with Gasteiger partial charge in [-0.05, 0) is 17.7 Å². The van der Waals surface area contributed by atoms with Crippen molar-refractivity contribution in [2.75, 3.05) is 5.73 Å². The van der Waals surface area contributed by atoms with Crippen molar-refractivity contribution in [3.8, 4) is 5.75 Å². The number of nitrogens with two attached hydrogens (primary N) is 1. The van der Waals surface area contributed by atoms with Crippen molar-refractivity contribution in [1.82, 2.24) is 9.97 Å². The standard InChI is InChI=1S/C14H13Cl2N3O2/c1-2-11(20)21-12-13(15)18-10(19-14(12)16)7-8-3-5-9(17)6-4-8/h3-6H,2,7,17H2,1H3. The Morgan fingerprint density at radius 3 is 2.29 bits per heavy atom. The molecule has 2 N–H and O–H groups in total. The van der Waals surface area contributed by atoms with Crippen molar-refractivity contribution in [3.05, 3.63) is 46.0 Å². The van der Waals surface area contributed by atoms with Crippen molar-refractivity contribution >= 4 is 34.9 Å². The summed E-state index contributed by atoms with van der Waals surface area (Å²) in [7, 11) is 0. The number of anilines is 1. The molecule has 0 bridgehead atoms. The number of carbonyl (C=O) groups excluding carboxylic acids is 1. The number of esters is 1. The smallest absolute Gasteiger partial charge is 0.311 e. The molecule has 0 unspecified atom stereocenters. The van der Waals surface area contributed by atoms with E-state index in [-0.39, 0.29) is 22.5 Å². The molecular weight excluding hydrogens is 313 g/mol. The zero-order valence-corrected chi connectivity index (χ0v) is 12.8. The minimum absolute atomic E-state index is 0.00811.